The van der Waals surface area contributed by atoms with E-state index in [4.69, 9.17) is 5.11 Å². The van der Waals surface area contributed by atoms with Crippen LogP contribution in [0.15, 0.2) is 41.8 Å². The highest BCUT2D eigenvalue weighted by atomic mass is 32.1. The summed E-state index contributed by atoms with van der Waals surface area (Å²) in [4.78, 5) is 22.2. The van der Waals surface area contributed by atoms with Crippen LogP contribution in [-0.2, 0) is 16.0 Å². The molecule has 0 unspecified atom stereocenters. The van der Waals surface area contributed by atoms with E-state index in [0.717, 1.165) is 0 Å². The highest BCUT2D eigenvalue weighted by Crippen LogP contribution is 2.26. The van der Waals surface area contributed by atoms with Gasteiger partial charge < -0.3 is 10.2 Å². The maximum absolute atomic E-state index is 13.6. The number of rotatable bonds is 5. The van der Waals surface area contributed by atoms with Gasteiger partial charge in [-0.2, -0.15) is 0 Å². The molecule has 0 fully saturated rings. The van der Waals surface area contributed by atoms with Gasteiger partial charge in [0.05, 0.1) is 0 Å². The Balaban J connectivity index is 2.29. The first-order chi connectivity index (χ1) is 9.99. The van der Waals surface area contributed by atoms with Crippen molar-refractivity contribution in [2.24, 2.45) is 0 Å². The van der Waals surface area contributed by atoms with Crippen LogP contribution in [0, 0.1) is 5.82 Å². The predicted molar refractivity (Wildman–Crippen MR) is 76.8 cm³/mol. The molecule has 0 atom stereocenters. The van der Waals surface area contributed by atoms with Gasteiger partial charge in [-0.25, -0.2) is 9.18 Å². The first-order valence-electron chi connectivity index (χ1n) is 5.97. The molecule has 1 aromatic carbocycles. The molecule has 6 heteroatoms. The summed E-state index contributed by atoms with van der Waals surface area (Å²) in [5.41, 5.74) is 0.788. The van der Waals surface area contributed by atoms with Crippen molar-refractivity contribution in [3.05, 3.63) is 63.6 Å². The summed E-state index contributed by atoms with van der Waals surface area (Å²) in [6.45, 7) is 0. The van der Waals surface area contributed by atoms with Crippen molar-refractivity contribution >= 4 is 28.8 Å². The number of carboxylic acids is 1. The second-order valence-corrected chi connectivity index (χ2v) is 5.23. The maximum atomic E-state index is 13.6. The monoisotopic (exact) mass is 306 g/mol. The summed E-state index contributed by atoms with van der Waals surface area (Å²) in [6.07, 6.45) is 0.897. The number of benzene rings is 1. The van der Waals surface area contributed by atoms with Crippen molar-refractivity contribution in [1.82, 2.24) is 0 Å². The van der Waals surface area contributed by atoms with E-state index in [1.165, 1.54) is 17.4 Å². The minimum absolute atomic E-state index is 0.249. The van der Waals surface area contributed by atoms with Gasteiger partial charge in [-0.1, -0.05) is 18.2 Å². The fourth-order valence-electron chi connectivity index (χ4n) is 1.78. The van der Waals surface area contributed by atoms with E-state index in [2.05, 4.69) is 0 Å². The van der Waals surface area contributed by atoms with Crippen LogP contribution in [0.5, 0.6) is 0 Å². The van der Waals surface area contributed by atoms with Gasteiger partial charge in [-0.15, -0.1) is 11.3 Å². The molecule has 0 saturated heterocycles. The quantitative estimate of drug-likeness (QED) is 0.506. The number of aliphatic carboxylic acids is 1. The zero-order valence-corrected chi connectivity index (χ0v) is 11.6. The molecule has 2 aromatic rings. The number of carbonyl (C=O) groups is 2. The van der Waals surface area contributed by atoms with E-state index >= 15 is 0 Å². The van der Waals surface area contributed by atoms with Crippen molar-refractivity contribution in [1.29, 1.82) is 0 Å². The molecule has 1 aromatic heterocycles. The summed E-state index contributed by atoms with van der Waals surface area (Å²) < 4.78 is 13.6. The Morgan fingerprint density at radius 2 is 1.90 bits per heavy atom. The molecule has 2 rings (SSSR count). The molecule has 1 heterocycles. The smallest absolute Gasteiger partial charge is 0.376 e. The molecule has 0 spiro atoms. The topological polar surface area (TPSA) is 74.6 Å². The molecule has 0 bridgehead atoms. The molecule has 0 aliphatic heterocycles. The average molecular weight is 306 g/mol. The largest absolute Gasteiger partial charge is 0.507 e. The Morgan fingerprint density at radius 3 is 2.57 bits per heavy atom. The first-order valence-corrected chi connectivity index (χ1v) is 6.85. The number of hydrogen-bond donors (Lipinski definition) is 2. The van der Waals surface area contributed by atoms with Crippen molar-refractivity contribution in [3.8, 4) is 0 Å². The molecule has 0 saturated carbocycles. The second-order valence-electron chi connectivity index (χ2n) is 4.22. The third kappa shape index (κ3) is 3.55. The third-order valence-corrected chi connectivity index (χ3v) is 3.73. The molecule has 2 N–H and O–H groups in total. The summed E-state index contributed by atoms with van der Waals surface area (Å²) in [5.74, 6) is -3.65. The van der Waals surface area contributed by atoms with Gasteiger partial charge in [-0.05, 0) is 23.1 Å². The molecular formula is C15H11FO4S. The van der Waals surface area contributed by atoms with Crippen LogP contribution < -0.4 is 0 Å². The summed E-state index contributed by atoms with van der Waals surface area (Å²) in [7, 11) is 0. The lowest BCUT2D eigenvalue weighted by Gasteiger charge is -2.04. The van der Waals surface area contributed by atoms with Crippen LogP contribution >= 0.6 is 11.3 Å². The zero-order chi connectivity index (χ0) is 15.4. The van der Waals surface area contributed by atoms with Gasteiger partial charge in [-0.3, -0.25) is 4.79 Å². The second kappa shape index (κ2) is 6.32. The number of hydrogen-bond acceptors (Lipinski definition) is 4. The van der Waals surface area contributed by atoms with Crippen molar-refractivity contribution in [3.63, 3.8) is 0 Å². The van der Waals surface area contributed by atoms with Gasteiger partial charge in [0.25, 0.3) is 5.78 Å². The van der Waals surface area contributed by atoms with Gasteiger partial charge in [0.1, 0.15) is 11.6 Å². The number of ketones is 1. The van der Waals surface area contributed by atoms with Crippen molar-refractivity contribution in [2.45, 2.75) is 6.42 Å². The molecule has 108 valence electrons. The Hall–Kier alpha value is -2.47. The summed E-state index contributed by atoms with van der Waals surface area (Å²) in [6, 6.07) is 7.81. The molecule has 0 aliphatic rings. The van der Waals surface area contributed by atoms with Crippen LogP contribution in [-0.4, -0.2) is 22.0 Å². The number of carboxylic acid groups (broad SMARTS) is 1. The van der Waals surface area contributed by atoms with Crippen molar-refractivity contribution in [2.75, 3.05) is 0 Å². The average Bonchev–Trinajstić information content (AvgIpc) is 2.89. The predicted octanol–water partition coefficient (Wildman–Crippen LogP) is 3.03. The zero-order valence-electron chi connectivity index (χ0n) is 10.7. The van der Waals surface area contributed by atoms with E-state index in [1.54, 1.807) is 29.6 Å². The van der Waals surface area contributed by atoms with Crippen LogP contribution in [0.3, 0.4) is 0 Å². The minimum atomic E-state index is -1.65. The number of halogens is 1. The van der Waals surface area contributed by atoms with Gasteiger partial charge in [0.15, 0.2) is 0 Å². The van der Waals surface area contributed by atoms with E-state index in [0.29, 0.717) is 22.1 Å². The van der Waals surface area contributed by atoms with E-state index in [-0.39, 0.29) is 12.2 Å². The molecule has 0 amide bonds. The van der Waals surface area contributed by atoms with Gasteiger partial charge in [0.2, 0.25) is 0 Å². The fourth-order valence-corrected chi connectivity index (χ4v) is 2.69. The molecule has 0 radical (unpaired) electrons. The van der Waals surface area contributed by atoms with E-state index in [1.807, 2.05) is 0 Å². The maximum Gasteiger partial charge on any atom is 0.376 e. The van der Waals surface area contributed by atoms with E-state index in [9.17, 15) is 19.1 Å². The Bertz CT molecular complexity index is 718. The van der Waals surface area contributed by atoms with Crippen LogP contribution in [0.2, 0.25) is 0 Å². The van der Waals surface area contributed by atoms with Gasteiger partial charge in [0, 0.05) is 22.9 Å². The third-order valence-electron chi connectivity index (χ3n) is 2.81. The number of aliphatic hydroxyl groups excluding tert-OH is 1. The number of carbonyl (C=O) groups excluding carboxylic acids is 1. The number of thiophene rings is 1. The first kappa shape index (κ1) is 14.9. The fraction of sp³-hybridized carbons (Fsp3) is 0.0667. The van der Waals surface area contributed by atoms with Crippen LogP contribution in [0.25, 0.3) is 5.76 Å². The molecular weight excluding hydrogens is 295 g/mol. The highest BCUT2D eigenvalue weighted by molar-refractivity contribution is 7.10. The SMILES string of the molecule is O=C(O)C(=O)C=C(O)c1ccsc1Cc1ccccc1F. The molecule has 21 heavy (non-hydrogen) atoms. The normalized spacial score (nSPS) is 11.4. The lowest BCUT2D eigenvalue weighted by atomic mass is 10.1. The standard InChI is InChI=1S/C15H11FO4S/c16-11-4-2-1-3-9(11)7-14-10(5-6-21-14)12(17)8-13(18)15(19)20/h1-6,8,17H,7H2,(H,19,20). The van der Waals surface area contributed by atoms with E-state index < -0.39 is 17.5 Å². The lowest BCUT2D eigenvalue weighted by Crippen LogP contribution is -2.09. The van der Waals surface area contributed by atoms with Crippen LogP contribution in [0.1, 0.15) is 16.0 Å². The Kier molecular flexibility index (Phi) is 4.49. The summed E-state index contributed by atoms with van der Waals surface area (Å²) >= 11 is 1.29. The highest BCUT2D eigenvalue weighted by Gasteiger charge is 2.15. The number of aliphatic hydroxyl groups is 1. The Morgan fingerprint density at radius 1 is 1.19 bits per heavy atom. The van der Waals surface area contributed by atoms with Crippen LogP contribution in [0.4, 0.5) is 4.39 Å². The van der Waals surface area contributed by atoms with Crippen molar-refractivity contribution < 1.29 is 24.2 Å². The Labute approximate surface area is 123 Å². The molecule has 4 nitrogen and oxygen atoms in total. The van der Waals surface area contributed by atoms with Gasteiger partial charge >= 0.3 is 5.97 Å². The summed E-state index contributed by atoms with van der Waals surface area (Å²) in [5, 5.41) is 20.0. The minimum Gasteiger partial charge on any atom is -0.507 e. The molecule has 0 aliphatic carbocycles. The lowest BCUT2D eigenvalue weighted by molar-refractivity contribution is -0.146.